The maximum atomic E-state index is 11.9. The van der Waals surface area contributed by atoms with Crippen LogP contribution in [0.1, 0.15) is 12.8 Å². The van der Waals surface area contributed by atoms with Gasteiger partial charge >= 0.3 is 6.16 Å². The molecule has 0 amide bonds. The zero-order valence-corrected chi connectivity index (χ0v) is 6.42. The molecule has 0 aliphatic carbocycles. The normalized spacial score (nSPS) is 13.4. The minimum absolute atomic E-state index is 0.679. The Balaban J connectivity index is 3.88. The summed E-state index contributed by atoms with van der Waals surface area (Å²) in [6.07, 6.45) is -11.1. The number of halogens is 4. The Morgan fingerprint density at radius 1 is 1.23 bits per heavy atom. The Bertz CT molecular complexity index is 162. The van der Waals surface area contributed by atoms with E-state index in [9.17, 15) is 22.4 Å². The molecule has 0 aliphatic rings. The number of ether oxygens (including phenoxy) is 1. The van der Waals surface area contributed by atoms with E-state index >= 15 is 0 Å². The van der Waals surface area contributed by atoms with Crippen molar-refractivity contribution in [3.63, 3.8) is 0 Å². The smallest absolute Gasteiger partial charge is 0.450 e. The summed E-state index contributed by atoms with van der Waals surface area (Å²) >= 11 is 0. The van der Waals surface area contributed by atoms with Gasteiger partial charge in [-0.3, -0.25) is 0 Å². The van der Waals surface area contributed by atoms with Crippen LogP contribution in [0, 0.1) is 0 Å². The van der Waals surface area contributed by atoms with Gasteiger partial charge in [-0.1, -0.05) is 0 Å². The molecule has 78 valence electrons. The molecular formula is C6H8F4O3. The predicted octanol–water partition coefficient (Wildman–Crippen LogP) is 2.36. The molecule has 0 heterocycles. The molecule has 0 saturated heterocycles. The van der Waals surface area contributed by atoms with Crippen LogP contribution in [0.4, 0.5) is 22.4 Å². The van der Waals surface area contributed by atoms with Gasteiger partial charge in [0.1, 0.15) is 0 Å². The van der Waals surface area contributed by atoms with Crippen molar-refractivity contribution in [3.05, 3.63) is 0 Å². The largest absolute Gasteiger partial charge is 0.506 e. The first-order valence-corrected chi connectivity index (χ1v) is 3.39. The summed E-state index contributed by atoms with van der Waals surface area (Å²) in [6.45, 7) is 0. The van der Waals surface area contributed by atoms with E-state index in [1.165, 1.54) is 0 Å². The van der Waals surface area contributed by atoms with Gasteiger partial charge in [0.25, 0.3) is 6.43 Å². The summed E-state index contributed by atoms with van der Waals surface area (Å²) in [5, 5.41) is 7.95. The van der Waals surface area contributed by atoms with Crippen molar-refractivity contribution >= 4 is 6.16 Å². The molecule has 0 saturated carbocycles. The molecule has 1 unspecified atom stereocenters. The minimum atomic E-state index is -3.07. The van der Waals surface area contributed by atoms with E-state index in [0.717, 1.165) is 0 Å². The van der Waals surface area contributed by atoms with Crippen LogP contribution in [-0.2, 0) is 4.74 Å². The van der Waals surface area contributed by atoms with Crippen molar-refractivity contribution in [2.75, 3.05) is 0 Å². The van der Waals surface area contributed by atoms with E-state index in [1.807, 2.05) is 0 Å². The van der Waals surface area contributed by atoms with Crippen molar-refractivity contribution in [1.29, 1.82) is 0 Å². The molecule has 0 rings (SSSR count). The van der Waals surface area contributed by atoms with E-state index in [-0.39, 0.29) is 0 Å². The molecule has 0 radical (unpaired) electrons. The molecule has 13 heavy (non-hydrogen) atoms. The molecule has 0 fully saturated rings. The number of rotatable bonds is 5. The average Bonchev–Trinajstić information content (AvgIpc) is 1.96. The lowest BCUT2D eigenvalue weighted by molar-refractivity contribution is -0.0458. The second-order valence-corrected chi connectivity index (χ2v) is 2.23. The van der Waals surface area contributed by atoms with Gasteiger partial charge in [0.2, 0.25) is 6.43 Å². The SMILES string of the molecule is O=C(O)OC(CCC(F)F)C(F)F. The monoisotopic (exact) mass is 204 g/mol. The van der Waals surface area contributed by atoms with Gasteiger partial charge in [0.05, 0.1) is 0 Å². The highest BCUT2D eigenvalue weighted by Crippen LogP contribution is 2.15. The molecule has 0 aliphatic heterocycles. The second kappa shape index (κ2) is 5.60. The van der Waals surface area contributed by atoms with E-state index in [0.29, 0.717) is 0 Å². The third-order valence-corrected chi connectivity index (χ3v) is 1.20. The van der Waals surface area contributed by atoms with E-state index in [1.54, 1.807) is 0 Å². The quantitative estimate of drug-likeness (QED) is 0.552. The summed E-state index contributed by atoms with van der Waals surface area (Å²) in [5.74, 6) is 0. The minimum Gasteiger partial charge on any atom is -0.450 e. The van der Waals surface area contributed by atoms with Crippen molar-refractivity contribution < 1.29 is 32.2 Å². The van der Waals surface area contributed by atoms with Crippen LogP contribution in [-0.4, -0.2) is 30.2 Å². The van der Waals surface area contributed by atoms with Crippen molar-refractivity contribution in [2.45, 2.75) is 31.8 Å². The van der Waals surface area contributed by atoms with E-state index < -0.39 is 38.0 Å². The summed E-state index contributed by atoms with van der Waals surface area (Å²) < 4.78 is 50.5. The lowest BCUT2D eigenvalue weighted by Gasteiger charge is -2.13. The highest BCUT2D eigenvalue weighted by molar-refractivity contribution is 5.57. The first kappa shape index (κ1) is 12.0. The van der Waals surface area contributed by atoms with E-state index in [4.69, 9.17) is 5.11 Å². The molecule has 3 nitrogen and oxygen atoms in total. The lowest BCUT2D eigenvalue weighted by atomic mass is 10.2. The highest BCUT2D eigenvalue weighted by atomic mass is 19.3. The Hall–Kier alpha value is -1.01. The number of carbonyl (C=O) groups is 1. The molecule has 0 bridgehead atoms. The number of hydrogen-bond donors (Lipinski definition) is 1. The summed E-state index contributed by atoms with van der Waals surface area (Å²) in [5.41, 5.74) is 0. The third kappa shape index (κ3) is 6.18. The maximum Gasteiger partial charge on any atom is 0.506 e. The number of alkyl halides is 4. The van der Waals surface area contributed by atoms with Crippen LogP contribution in [0.5, 0.6) is 0 Å². The Labute approximate surface area is 71.3 Å². The fourth-order valence-electron chi connectivity index (χ4n) is 0.656. The predicted molar refractivity (Wildman–Crippen MR) is 34.1 cm³/mol. The number of carboxylic acid groups (broad SMARTS) is 1. The summed E-state index contributed by atoms with van der Waals surface area (Å²) in [6, 6.07) is 0. The Morgan fingerprint density at radius 3 is 2.08 bits per heavy atom. The Morgan fingerprint density at radius 2 is 1.77 bits per heavy atom. The van der Waals surface area contributed by atoms with Crippen LogP contribution in [0.2, 0.25) is 0 Å². The van der Waals surface area contributed by atoms with Crippen LogP contribution in [0.25, 0.3) is 0 Å². The first-order chi connectivity index (χ1) is 5.93. The fourth-order valence-corrected chi connectivity index (χ4v) is 0.656. The van der Waals surface area contributed by atoms with Crippen LogP contribution >= 0.6 is 0 Å². The zero-order valence-electron chi connectivity index (χ0n) is 6.42. The molecule has 0 aromatic heterocycles. The van der Waals surface area contributed by atoms with Crippen LogP contribution in [0.15, 0.2) is 0 Å². The van der Waals surface area contributed by atoms with Crippen molar-refractivity contribution in [1.82, 2.24) is 0 Å². The molecule has 0 aromatic rings. The van der Waals surface area contributed by atoms with Crippen LogP contribution in [0.3, 0.4) is 0 Å². The molecule has 0 spiro atoms. The van der Waals surface area contributed by atoms with Gasteiger partial charge in [-0.2, -0.15) is 0 Å². The zero-order chi connectivity index (χ0) is 10.4. The van der Waals surface area contributed by atoms with Crippen molar-refractivity contribution in [3.8, 4) is 0 Å². The van der Waals surface area contributed by atoms with Gasteiger partial charge in [-0.25, -0.2) is 22.4 Å². The molecule has 1 atom stereocenters. The van der Waals surface area contributed by atoms with Gasteiger partial charge in [-0.05, 0) is 6.42 Å². The average molecular weight is 204 g/mol. The molecule has 0 aromatic carbocycles. The molecule has 1 N–H and O–H groups in total. The first-order valence-electron chi connectivity index (χ1n) is 3.39. The third-order valence-electron chi connectivity index (χ3n) is 1.20. The molecule has 7 heteroatoms. The fraction of sp³-hybridized carbons (Fsp3) is 0.833. The maximum absolute atomic E-state index is 11.9. The van der Waals surface area contributed by atoms with Gasteiger partial charge in [0.15, 0.2) is 6.10 Å². The Kier molecular flexibility index (Phi) is 5.17. The van der Waals surface area contributed by atoms with Crippen LogP contribution < -0.4 is 0 Å². The van der Waals surface area contributed by atoms with Gasteiger partial charge in [-0.15, -0.1) is 0 Å². The highest BCUT2D eigenvalue weighted by Gasteiger charge is 2.25. The molecular weight excluding hydrogens is 196 g/mol. The van der Waals surface area contributed by atoms with E-state index in [2.05, 4.69) is 4.74 Å². The lowest BCUT2D eigenvalue weighted by Crippen LogP contribution is -2.25. The van der Waals surface area contributed by atoms with Crippen molar-refractivity contribution in [2.24, 2.45) is 0 Å². The topological polar surface area (TPSA) is 46.5 Å². The second-order valence-electron chi connectivity index (χ2n) is 2.23. The standard InChI is InChI=1S/C6H8F4O3/c7-4(8)2-1-3(5(9)10)13-6(11)12/h3-5H,1-2H2,(H,11,12). The van der Waals surface area contributed by atoms with Gasteiger partial charge < -0.3 is 9.84 Å². The number of hydrogen-bond acceptors (Lipinski definition) is 2. The van der Waals surface area contributed by atoms with Gasteiger partial charge in [0, 0.05) is 6.42 Å². The summed E-state index contributed by atoms with van der Waals surface area (Å²) in [4.78, 5) is 9.82. The summed E-state index contributed by atoms with van der Waals surface area (Å²) in [7, 11) is 0.